The van der Waals surface area contributed by atoms with Gasteiger partial charge in [-0.1, -0.05) is 18.2 Å². The van der Waals surface area contributed by atoms with Gasteiger partial charge in [-0.3, -0.25) is 19.3 Å². The SMILES string of the molecule is CCn1c(C(=O)OCC2=C(C(=O)OC(C)(C)C)N3C(=O)[C@@H](NC(=O)COc4ccccc4)[C@H]3SC2)cc(=O)c2cc(F)c(N3CCCC3)cc21. The Morgan fingerprint density at radius 1 is 1.02 bits per heavy atom. The third kappa shape index (κ3) is 7.07. The van der Waals surface area contributed by atoms with E-state index in [0.29, 0.717) is 42.2 Å². The summed E-state index contributed by atoms with van der Waals surface area (Å²) >= 11 is 1.30. The number of fused-ring (bicyclic) bond motifs is 2. The van der Waals surface area contributed by atoms with Crippen molar-refractivity contribution >= 4 is 52.1 Å². The first-order valence-corrected chi connectivity index (χ1v) is 17.6. The molecule has 0 saturated carbocycles. The first kappa shape index (κ1) is 35.0. The lowest BCUT2D eigenvalue weighted by molar-refractivity contribution is -0.159. The first-order chi connectivity index (χ1) is 23.9. The van der Waals surface area contributed by atoms with Crippen LogP contribution in [0.4, 0.5) is 10.1 Å². The lowest BCUT2D eigenvalue weighted by atomic mass is 10.0. The number of ether oxygens (including phenoxy) is 3. The number of carbonyl (C=O) groups excluding carboxylic acids is 4. The number of para-hydroxylation sites is 1. The first-order valence-electron chi connectivity index (χ1n) is 16.5. The number of carbonyl (C=O) groups is 4. The molecule has 6 rings (SSSR count). The molecule has 264 valence electrons. The number of halogens is 1. The highest BCUT2D eigenvalue weighted by Gasteiger charge is 2.54. The highest BCUT2D eigenvalue weighted by atomic mass is 32.2. The third-order valence-corrected chi connectivity index (χ3v) is 9.94. The highest BCUT2D eigenvalue weighted by molar-refractivity contribution is 8.00. The summed E-state index contributed by atoms with van der Waals surface area (Å²) in [6.07, 6.45) is 1.87. The second kappa shape index (κ2) is 14.2. The van der Waals surface area contributed by atoms with Gasteiger partial charge in [0, 0.05) is 42.4 Å². The number of rotatable bonds is 10. The Morgan fingerprint density at radius 3 is 2.42 bits per heavy atom. The topological polar surface area (TPSA) is 136 Å². The van der Waals surface area contributed by atoms with Gasteiger partial charge in [0.2, 0.25) is 0 Å². The zero-order chi connectivity index (χ0) is 35.7. The number of hydrogen-bond donors (Lipinski definition) is 1. The molecule has 0 unspecified atom stereocenters. The zero-order valence-electron chi connectivity index (χ0n) is 28.3. The standard InChI is InChI=1S/C36H39FN4O8S/c1-5-40-25-16-26(39-13-9-10-14-39)24(37)15-23(25)28(42)17-27(40)34(45)48-18-21-20-50-33-30(38-29(43)19-47-22-11-7-6-8-12-22)32(44)41(33)31(21)35(46)49-36(2,3)4/h6-8,11-12,15-17,30,33H,5,9-10,13-14,18-20H2,1-4H3,(H,38,43)/t30-,33-/m1/s1. The number of nitrogens with zero attached hydrogens (tertiary/aromatic N) is 3. The Balaban J connectivity index is 1.23. The van der Waals surface area contributed by atoms with Crippen LogP contribution in [0.2, 0.25) is 0 Å². The summed E-state index contributed by atoms with van der Waals surface area (Å²) in [5.41, 5.74) is -0.368. The molecule has 14 heteroatoms. The second-order valence-corrected chi connectivity index (χ2v) is 14.3. The molecule has 3 aromatic rings. The molecule has 0 aliphatic carbocycles. The smallest absolute Gasteiger partial charge is 0.355 e. The highest BCUT2D eigenvalue weighted by Crippen LogP contribution is 2.41. The predicted molar refractivity (Wildman–Crippen MR) is 185 cm³/mol. The molecule has 3 aliphatic heterocycles. The average molecular weight is 707 g/mol. The van der Waals surface area contributed by atoms with Gasteiger partial charge in [0.25, 0.3) is 11.8 Å². The van der Waals surface area contributed by atoms with Gasteiger partial charge in [-0.25, -0.2) is 14.0 Å². The number of β-lactam (4-membered cyclic amide) rings is 1. The molecule has 2 atom stereocenters. The van der Waals surface area contributed by atoms with Crippen LogP contribution in [0.5, 0.6) is 5.75 Å². The van der Waals surface area contributed by atoms with E-state index in [0.717, 1.165) is 18.9 Å². The molecule has 4 heterocycles. The van der Waals surface area contributed by atoms with Crippen LogP contribution in [-0.4, -0.2) is 82.3 Å². The molecular formula is C36H39FN4O8S. The predicted octanol–water partition coefficient (Wildman–Crippen LogP) is 3.99. The van der Waals surface area contributed by atoms with Crippen molar-refractivity contribution in [1.29, 1.82) is 0 Å². The Labute approximate surface area is 292 Å². The third-order valence-electron chi connectivity index (χ3n) is 8.60. The summed E-state index contributed by atoms with van der Waals surface area (Å²) in [5, 5.41) is 2.25. The molecular weight excluding hydrogens is 667 g/mol. The van der Waals surface area contributed by atoms with Gasteiger partial charge in [-0.2, -0.15) is 0 Å². The number of amides is 2. The summed E-state index contributed by atoms with van der Waals surface area (Å²) < 4.78 is 33.5. The lowest BCUT2D eigenvalue weighted by Gasteiger charge is -2.49. The second-order valence-electron chi connectivity index (χ2n) is 13.2. The van der Waals surface area contributed by atoms with Gasteiger partial charge >= 0.3 is 11.9 Å². The van der Waals surface area contributed by atoms with Crippen LogP contribution in [0.1, 0.15) is 51.0 Å². The van der Waals surface area contributed by atoms with E-state index in [1.54, 1.807) is 62.6 Å². The van der Waals surface area contributed by atoms with E-state index in [9.17, 15) is 24.0 Å². The Bertz CT molecular complexity index is 1930. The summed E-state index contributed by atoms with van der Waals surface area (Å²) in [6, 6.07) is 11.8. The van der Waals surface area contributed by atoms with Gasteiger partial charge in [0.15, 0.2) is 12.0 Å². The number of benzene rings is 2. The molecule has 0 spiro atoms. The van der Waals surface area contributed by atoms with Crippen LogP contribution in [0.15, 0.2) is 64.6 Å². The summed E-state index contributed by atoms with van der Waals surface area (Å²) in [4.78, 5) is 69.5. The fourth-order valence-corrected chi connectivity index (χ4v) is 7.64. The molecule has 2 fully saturated rings. The maximum atomic E-state index is 15.1. The molecule has 1 N–H and O–H groups in total. The van der Waals surface area contributed by atoms with Gasteiger partial charge in [-0.05, 0) is 64.8 Å². The monoisotopic (exact) mass is 706 g/mol. The van der Waals surface area contributed by atoms with Crippen LogP contribution in [0, 0.1) is 5.82 Å². The number of thioether (sulfide) groups is 1. The Hall–Kier alpha value is -4.85. The van der Waals surface area contributed by atoms with Crippen molar-refractivity contribution in [2.24, 2.45) is 0 Å². The molecule has 3 aliphatic rings. The van der Waals surface area contributed by atoms with E-state index >= 15 is 4.39 Å². The van der Waals surface area contributed by atoms with E-state index in [1.807, 2.05) is 11.0 Å². The quantitative estimate of drug-likeness (QED) is 0.244. The Morgan fingerprint density at radius 2 is 1.74 bits per heavy atom. The average Bonchev–Trinajstić information content (AvgIpc) is 3.62. The van der Waals surface area contributed by atoms with Gasteiger partial charge in [-0.15, -0.1) is 11.8 Å². The minimum Gasteiger partial charge on any atom is -0.484 e. The van der Waals surface area contributed by atoms with Crippen molar-refractivity contribution in [2.45, 2.75) is 64.1 Å². The van der Waals surface area contributed by atoms with E-state index in [1.165, 1.54) is 22.7 Å². The van der Waals surface area contributed by atoms with Crippen molar-refractivity contribution in [1.82, 2.24) is 14.8 Å². The number of aryl methyl sites for hydroxylation is 1. The number of hydrogen-bond acceptors (Lipinski definition) is 10. The fraction of sp³-hybridized carbons (Fsp3) is 0.417. The van der Waals surface area contributed by atoms with Crippen LogP contribution >= 0.6 is 11.8 Å². The molecule has 1 aromatic heterocycles. The maximum Gasteiger partial charge on any atom is 0.355 e. The maximum absolute atomic E-state index is 15.1. The normalized spacial score (nSPS) is 18.9. The molecule has 50 heavy (non-hydrogen) atoms. The van der Waals surface area contributed by atoms with Crippen LogP contribution < -0.4 is 20.4 Å². The molecule has 2 saturated heterocycles. The van der Waals surface area contributed by atoms with E-state index in [-0.39, 0.29) is 35.7 Å². The van der Waals surface area contributed by atoms with Gasteiger partial charge in [0.1, 0.15) is 46.6 Å². The molecule has 0 bridgehead atoms. The van der Waals surface area contributed by atoms with Crippen molar-refractivity contribution < 1.29 is 37.8 Å². The summed E-state index contributed by atoms with van der Waals surface area (Å²) in [7, 11) is 0. The van der Waals surface area contributed by atoms with E-state index in [4.69, 9.17) is 14.2 Å². The number of anilines is 1. The largest absolute Gasteiger partial charge is 0.484 e. The number of pyridine rings is 1. The van der Waals surface area contributed by atoms with Crippen molar-refractivity contribution in [2.75, 3.05) is 37.0 Å². The van der Waals surface area contributed by atoms with Crippen molar-refractivity contribution in [3.05, 3.63) is 81.5 Å². The van der Waals surface area contributed by atoms with Crippen LogP contribution in [0.3, 0.4) is 0 Å². The summed E-state index contributed by atoms with van der Waals surface area (Å²) in [6.45, 7) is 7.91. The van der Waals surface area contributed by atoms with Gasteiger partial charge < -0.3 is 29.0 Å². The number of esters is 2. The molecule has 2 aromatic carbocycles. The Kier molecular flexibility index (Phi) is 9.92. The van der Waals surface area contributed by atoms with Crippen LogP contribution in [-0.2, 0) is 30.4 Å². The zero-order valence-corrected chi connectivity index (χ0v) is 29.1. The molecule has 0 radical (unpaired) electrons. The van der Waals surface area contributed by atoms with Crippen LogP contribution in [0.25, 0.3) is 10.9 Å². The van der Waals surface area contributed by atoms with Crippen molar-refractivity contribution in [3.63, 3.8) is 0 Å². The molecule has 2 amide bonds. The number of nitrogens with one attached hydrogen (secondary N) is 1. The van der Waals surface area contributed by atoms with E-state index in [2.05, 4.69) is 5.32 Å². The lowest BCUT2D eigenvalue weighted by Crippen LogP contribution is -2.71. The fourth-order valence-electron chi connectivity index (χ4n) is 6.31. The number of aromatic nitrogens is 1. The summed E-state index contributed by atoms with van der Waals surface area (Å²) in [5.74, 6) is -2.40. The van der Waals surface area contributed by atoms with E-state index < -0.39 is 52.0 Å². The van der Waals surface area contributed by atoms with Crippen molar-refractivity contribution in [3.8, 4) is 5.75 Å². The minimum absolute atomic E-state index is 0.0229. The minimum atomic E-state index is -0.903. The molecule has 12 nitrogen and oxygen atoms in total. The van der Waals surface area contributed by atoms with Gasteiger partial charge in [0.05, 0.1) is 11.2 Å².